The molecular weight excluding hydrogens is 214 g/mol. The average molecular weight is 233 g/mol. The quantitative estimate of drug-likeness (QED) is 0.753. The van der Waals surface area contributed by atoms with E-state index in [1.54, 1.807) is 6.20 Å². The molecule has 0 atom stereocenters. The molecule has 1 heterocycles. The molecule has 3 heteroatoms. The van der Waals surface area contributed by atoms with Crippen molar-refractivity contribution in [3.8, 4) is 0 Å². The van der Waals surface area contributed by atoms with Crippen molar-refractivity contribution in [3.63, 3.8) is 0 Å². The first-order valence-corrected chi connectivity index (χ1v) is 6.24. The minimum absolute atomic E-state index is 0.0546. The summed E-state index contributed by atoms with van der Waals surface area (Å²) in [5.41, 5.74) is 0.815. The molecular formula is C14H19NO2. The fraction of sp³-hybridized carbons (Fsp3) is 0.571. The van der Waals surface area contributed by atoms with Crippen LogP contribution in [0.1, 0.15) is 37.7 Å². The third kappa shape index (κ3) is 2.65. The third-order valence-corrected chi connectivity index (χ3v) is 3.69. The fourth-order valence-electron chi connectivity index (χ4n) is 2.79. The molecule has 1 aromatic rings. The van der Waals surface area contributed by atoms with Gasteiger partial charge in [0.15, 0.2) is 0 Å². The molecule has 0 unspecified atom stereocenters. The van der Waals surface area contributed by atoms with E-state index in [0.717, 1.165) is 37.7 Å². The summed E-state index contributed by atoms with van der Waals surface area (Å²) in [4.78, 5) is 16.2. The Bertz CT molecular complexity index is 369. The number of pyridine rings is 1. The zero-order chi connectivity index (χ0) is 12.1. The van der Waals surface area contributed by atoms with Gasteiger partial charge in [-0.15, -0.1) is 0 Å². The molecule has 0 amide bonds. The molecule has 17 heavy (non-hydrogen) atoms. The number of hydrogen-bond acceptors (Lipinski definition) is 3. The van der Waals surface area contributed by atoms with Gasteiger partial charge in [0.05, 0.1) is 12.5 Å². The van der Waals surface area contributed by atoms with Gasteiger partial charge in [-0.1, -0.05) is 25.3 Å². The van der Waals surface area contributed by atoms with Gasteiger partial charge in [0.25, 0.3) is 0 Å². The van der Waals surface area contributed by atoms with E-state index in [0.29, 0.717) is 0 Å². The zero-order valence-corrected chi connectivity index (χ0v) is 10.3. The fourth-order valence-corrected chi connectivity index (χ4v) is 2.79. The van der Waals surface area contributed by atoms with Crippen LogP contribution in [-0.4, -0.2) is 18.1 Å². The van der Waals surface area contributed by atoms with Gasteiger partial charge >= 0.3 is 5.97 Å². The number of ether oxygens (including phenoxy) is 1. The van der Waals surface area contributed by atoms with Crippen molar-refractivity contribution in [2.75, 3.05) is 7.11 Å². The van der Waals surface area contributed by atoms with Crippen molar-refractivity contribution in [1.29, 1.82) is 0 Å². The Kier molecular flexibility index (Phi) is 3.77. The molecule has 0 aromatic carbocycles. The molecule has 0 spiro atoms. The summed E-state index contributed by atoms with van der Waals surface area (Å²) in [6.07, 6.45) is 9.71. The summed E-state index contributed by atoms with van der Waals surface area (Å²) in [6, 6.07) is 3.95. The van der Waals surface area contributed by atoms with E-state index in [9.17, 15) is 4.79 Å². The standard InChI is InChI=1S/C14H19NO2/c1-17-13(16)14(7-3-2-4-8-14)10-12-6-5-9-15-11-12/h5-6,9,11H,2-4,7-8,10H2,1H3. The minimum Gasteiger partial charge on any atom is -0.469 e. The van der Waals surface area contributed by atoms with Gasteiger partial charge < -0.3 is 4.74 Å². The lowest BCUT2D eigenvalue weighted by molar-refractivity contribution is -0.154. The van der Waals surface area contributed by atoms with E-state index in [1.807, 2.05) is 18.3 Å². The van der Waals surface area contributed by atoms with Crippen LogP contribution in [0.4, 0.5) is 0 Å². The number of carbonyl (C=O) groups excluding carboxylic acids is 1. The molecule has 0 radical (unpaired) electrons. The first-order valence-electron chi connectivity index (χ1n) is 6.24. The summed E-state index contributed by atoms with van der Waals surface area (Å²) < 4.78 is 5.01. The summed E-state index contributed by atoms with van der Waals surface area (Å²) >= 11 is 0. The van der Waals surface area contributed by atoms with Crippen molar-refractivity contribution in [1.82, 2.24) is 4.98 Å². The number of hydrogen-bond donors (Lipinski definition) is 0. The predicted octanol–water partition coefficient (Wildman–Crippen LogP) is 2.75. The highest BCUT2D eigenvalue weighted by Gasteiger charge is 2.40. The Morgan fingerprint density at radius 3 is 2.76 bits per heavy atom. The van der Waals surface area contributed by atoms with Gasteiger partial charge in [-0.2, -0.15) is 0 Å². The highest BCUT2D eigenvalue weighted by molar-refractivity contribution is 5.77. The van der Waals surface area contributed by atoms with Gasteiger partial charge in [-0.3, -0.25) is 9.78 Å². The van der Waals surface area contributed by atoms with E-state index < -0.39 is 0 Å². The number of esters is 1. The van der Waals surface area contributed by atoms with E-state index in [4.69, 9.17) is 4.74 Å². The monoisotopic (exact) mass is 233 g/mol. The third-order valence-electron chi connectivity index (χ3n) is 3.69. The first kappa shape index (κ1) is 12.1. The van der Waals surface area contributed by atoms with E-state index >= 15 is 0 Å². The molecule has 0 aliphatic heterocycles. The lowest BCUT2D eigenvalue weighted by Gasteiger charge is -2.34. The van der Waals surface area contributed by atoms with Gasteiger partial charge in [0, 0.05) is 12.4 Å². The summed E-state index contributed by atoms with van der Waals surface area (Å²) in [5, 5.41) is 0. The van der Waals surface area contributed by atoms with Crippen LogP contribution >= 0.6 is 0 Å². The van der Waals surface area contributed by atoms with Crippen LogP contribution in [0.5, 0.6) is 0 Å². The normalized spacial score (nSPS) is 18.6. The van der Waals surface area contributed by atoms with Crippen molar-refractivity contribution < 1.29 is 9.53 Å². The summed E-state index contributed by atoms with van der Waals surface area (Å²) in [6.45, 7) is 0. The Morgan fingerprint density at radius 1 is 1.41 bits per heavy atom. The predicted molar refractivity (Wildman–Crippen MR) is 65.5 cm³/mol. The number of carbonyl (C=O) groups is 1. The second kappa shape index (κ2) is 5.30. The Balaban J connectivity index is 2.19. The van der Waals surface area contributed by atoms with Crippen LogP contribution in [0, 0.1) is 5.41 Å². The topological polar surface area (TPSA) is 39.2 Å². The average Bonchev–Trinajstić information content (AvgIpc) is 2.40. The highest BCUT2D eigenvalue weighted by Crippen LogP contribution is 2.40. The molecule has 0 N–H and O–H groups in total. The molecule has 2 rings (SSSR count). The second-order valence-electron chi connectivity index (χ2n) is 4.87. The number of aromatic nitrogens is 1. The van der Waals surface area contributed by atoms with Crippen LogP contribution in [0.25, 0.3) is 0 Å². The van der Waals surface area contributed by atoms with E-state index in [1.165, 1.54) is 13.5 Å². The Labute approximate surface area is 102 Å². The van der Waals surface area contributed by atoms with Crippen molar-refractivity contribution in [2.24, 2.45) is 5.41 Å². The maximum absolute atomic E-state index is 12.1. The van der Waals surface area contributed by atoms with Crippen LogP contribution in [0.2, 0.25) is 0 Å². The zero-order valence-electron chi connectivity index (χ0n) is 10.3. The molecule has 1 aliphatic rings. The molecule has 1 aromatic heterocycles. The van der Waals surface area contributed by atoms with Crippen LogP contribution in [0.3, 0.4) is 0 Å². The Morgan fingerprint density at radius 2 is 2.18 bits per heavy atom. The molecule has 0 saturated heterocycles. The first-order chi connectivity index (χ1) is 8.27. The maximum Gasteiger partial charge on any atom is 0.312 e. The molecule has 1 saturated carbocycles. The van der Waals surface area contributed by atoms with E-state index in [-0.39, 0.29) is 11.4 Å². The van der Waals surface area contributed by atoms with Gasteiger partial charge in [-0.25, -0.2) is 0 Å². The summed E-state index contributed by atoms with van der Waals surface area (Å²) in [5.74, 6) is -0.0546. The molecule has 92 valence electrons. The van der Waals surface area contributed by atoms with Crippen LogP contribution in [-0.2, 0) is 16.0 Å². The van der Waals surface area contributed by atoms with E-state index in [2.05, 4.69) is 4.98 Å². The summed E-state index contributed by atoms with van der Waals surface area (Å²) in [7, 11) is 1.49. The minimum atomic E-state index is -0.309. The lowest BCUT2D eigenvalue weighted by atomic mass is 9.70. The van der Waals surface area contributed by atoms with Gasteiger partial charge in [-0.05, 0) is 30.9 Å². The molecule has 1 fully saturated rings. The number of nitrogens with zero attached hydrogens (tertiary/aromatic N) is 1. The van der Waals surface area contributed by atoms with Crippen LogP contribution in [0.15, 0.2) is 24.5 Å². The van der Waals surface area contributed by atoms with Gasteiger partial charge in [0.1, 0.15) is 0 Å². The number of methoxy groups -OCH3 is 1. The van der Waals surface area contributed by atoms with Crippen molar-refractivity contribution in [3.05, 3.63) is 30.1 Å². The molecule has 3 nitrogen and oxygen atoms in total. The highest BCUT2D eigenvalue weighted by atomic mass is 16.5. The smallest absolute Gasteiger partial charge is 0.312 e. The lowest BCUT2D eigenvalue weighted by Crippen LogP contribution is -2.36. The number of rotatable bonds is 3. The molecule has 0 bridgehead atoms. The molecule has 1 aliphatic carbocycles. The van der Waals surface area contributed by atoms with Gasteiger partial charge in [0.2, 0.25) is 0 Å². The maximum atomic E-state index is 12.1. The van der Waals surface area contributed by atoms with Crippen LogP contribution < -0.4 is 0 Å². The van der Waals surface area contributed by atoms with Crippen molar-refractivity contribution >= 4 is 5.97 Å². The second-order valence-corrected chi connectivity index (χ2v) is 4.87. The van der Waals surface area contributed by atoms with Crippen molar-refractivity contribution in [2.45, 2.75) is 38.5 Å². The largest absolute Gasteiger partial charge is 0.469 e. The Hall–Kier alpha value is -1.38. The SMILES string of the molecule is COC(=O)C1(Cc2cccnc2)CCCCC1.